The van der Waals surface area contributed by atoms with Crippen molar-refractivity contribution in [3.8, 4) is 0 Å². The Morgan fingerprint density at radius 1 is 1.27 bits per heavy atom. The quantitative estimate of drug-likeness (QED) is 0.686. The van der Waals surface area contributed by atoms with Gasteiger partial charge in [-0.2, -0.15) is 5.10 Å². The van der Waals surface area contributed by atoms with Crippen LogP contribution in [0.5, 0.6) is 0 Å². The van der Waals surface area contributed by atoms with E-state index in [-0.39, 0.29) is 5.91 Å². The summed E-state index contributed by atoms with van der Waals surface area (Å²) in [6, 6.07) is 10.1. The van der Waals surface area contributed by atoms with E-state index in [2.05, 4.69) is 40.7 Å². The van der Waals surface area contributed by atoms with E-state index in [1.165, 1.54) is 17.3 Å². The van der Waals surface area contributed by atoms with Crippen LogP contribution in [-0.2, 0) is 17.1 Å². The van der Waals surface area contributed by atoms with Crippen molar-refractivity contribution in [1.82, 2.24) is 14.9 Å². The lowest BCUT2D eigenvalue weighted by Crippen LogP contribution is -2.18. The molecule has 7 heteroatoms. The average molecular weight is 370 g/mol. The Morgan fingerprint density at radius 2 is 2.12 bits per heavy atom. The van der Waals surface area contributed by atoms with Gasteiger partial charge in [0.15, 0.2) is 0 Å². The molecule has 1 aromatic carbocycles. The number of nitrogens with one attached hydrogen (secondary N) is 1. The number of carbonyl (C=O) groups excluding carboxylic acids is 1. The third-order valence-corrected chi connectivity index (χ3v) is 5.02. The molecular formula is C19H22N4O2S. The predicted molar refractivity (Wildman–Crippen MR) is 103 cm³/mol. The van der Waals surface area contributed by atoms with E-state index in [4.69, 9.17) is 4.52 Å². The Morgan fingerprint density at radius 3 is 2.85 bits per heavy atom. The fraction of sp³-hybridized carbons (Fsp3) is 0.316. The predicted octanol–water partition coefficient (Wildman–Crippen LogP) is 3.72. The molecule has 3 rings (SSSR count). The summed E-state index contributed by atoms with van der Waals surface area (Å²) in [6.45, 7) is 6.48. The first-order valence-electron chi connectivity index (χ1n) is 8.39. The van der Waals surface area contributed by atoms with Gasteiger partial charge in [-0.05, 0) is 26.3 Å². The smallest absolute Gasteiger partial charge is 0.235 e. The molecule has 136 valence electrons. The normalized spacial score (nSPS) is 10.9. The van der Waals surface area contributed by atoms with Crippen molar-refractivity contribution in [1.29, 1.82) is 0 Å². The number of rotatable bonds is 7. The van der Waals surface area contributed by atoms with Gasteiger partial charge < -0.3 is 9.84 Å². The fourth-order valence-corrected chi connectivity index (χ4v) is 3.66. The molecule has 1 N–H and O–H groups in total. The minimum atomic E-state index is -0.0484. The molecule has 2 aromatic heterocycles. The molecule has 0 atom stereocenters. The zero-order chi connectivity index (χ0) is 18.5. The van der Waals surface area contributed by atoms with Crippen LogP contribution >= 0.6 is 11.8 Å². The SMILES string of the molecule is Cc1cccc(Cn2nccc2NC(=O)CSCc2c(C)noc2C)c1. The van der Waals surface area contributed by atoms with Crippen molar-refractivity contribution in [3.05, 3.63) is 64.7 Å². The first kappa shape index (κ1) is 18.3. The van der Waals surface area contributed by atoms with E-state index in [9.17, 15) is 4.79 Å². The van der Waals surface area contributed by atoms with Crippen LogP contribution in [0.15, 0.2) is 41.1 Å². The minimum Gasteiger partial charge on any atom is -0.361 e. The number of aryl methyl sites for hydroxylation is 3. The topological polar surface area (TPSA) is 73.0 Å². The zero-order valence-electron chi connectivity index (χ0n) is 15.2. The highest BCUT2D eigenvalue weighted by atomic mass is 32.2. The number of aromatic nitrogens is 3. The van der Waals surface area contributed by atoms with Crippen LogP contribution in [0.4, 0.5) is 5.82 Å². The number of thioether (sulfide) groups is 1. The number of hydrogen-bond donors (Lipinski definition) is 1. The van der Waals surface area contributed by atoms with Crippen molar-refractivity contribution in [3.63, 3.8) is 0 Å². The van der Waals surface area contributed by atoms with E-state index in [0.717, 1.165) is 22.6 Å². The molecule has 1 amide bonds. The molecule has 0 spiro atoms. The molecule has 26 heavy (non-hydrogen) atoms. The lowest BCUT2D eigenvalue weighted by Gasteiger charge is -2.09. The fourth-order valence-electron chi connectivity index (χ4n) is 2.68. The van der Waals surface area contributed by atoms with Gasteiger partial charge in [0.25, 0.3) is 0 Å². The summed E-state index contributed by atoms with van der Waals surface area (Å²) in [5.41, 5.74) is 4.30. The molecule has 0 fully saturated rings. The molecule has 0 unspecified atom stereocenters. The van der Waals surface area contributed by atoms with Crippen molar-refractivity contribution in [2.45, 2.75) is 33.1 Å². The molecule has 0 aliphatic rings. The highest BCUT2D eigenvalue weighted by molar-refractivity contribution is 7.99. The first-order valence-corrected chi connectivity index (χ1v) is 9.55. The number of hydrogen-bond acceptors (Lipinski definition) is 5. The van der Waals surface area contributed by atoms with Gasteiger partial charge in [-0.25, -0.2) is 4.68 Å². The molecule has 0 saturated heterocycles. The van der Waals surface area contributed by atoms with Gasteiger partial charge in [-0.3, -0.25) is 4.79 Å². The van der Waals surface area contributed by atoms with Crippen LogP contribution in [0.2, 0.25) is 0 Å². The second kappa shape index (κ2) is 8.23. The van der Waals surface area contributed by atoms with Crippen LogP contribution in [0.25, 0.3) is 0 Å². The summed E-state index contributed by atoms with van der Waals surface area (Å²) in [4.78, 5) is 12.3. The molecule has 2 heterocycles. The largest absolute Gasteiger partial charge is 0.361 e. The summed E-state index contributed by atoms with van der Waals surface area (Å²) in [7, 11) is 0. The van der Waals surface area contributed by atoms with E-state index in [1.54, 1.807) is 10.9 Å². The van der Waals surface area contributed by atoms with E-state index < -0.39 is 0 Å². The standard InChI is InChI=1S/C19H22N4O2S/c1-13-5-4-6-16(9-13)10-23-18(7-8-20-23)21-19(24)12-26-11-17-14(2)22-25-15(17)3/h4-9H,10-12H2,1-3H3,(H,21,24). The summed E-state index contributed by atoms with van der Waals surface area (Å²) in [5.74, 6) is 2.53. The number of amides is 1. The molecule has 0 radical (unpaired) electrons. The Kier molecular flexibility index (Phi) is 5.78. The van der Waals surface area contributed by atoms with Gasteiger partial charge in [0.05, 0.1) is 24.2 Å². The zero-order valence-corrected chi connectivity index (χ0v) is 16.0. The van der Waals surface area contributed by atoms with Gasteiger partial charge in [-0.1, -0.05) is 35.0 Å². The van der Waals surface area contributed by atoms with Crippen LogP contribution in [0.3, 0.4) is 0 Å². The van der Waals surface area contributed by atoms with Crippen LogP contribution in [0.1, 0.15) is 28.1 Å². The van der Waals surface area contributed by atoms with E-state index in [1.807, 2.05) is 26.0 Å². The van der Waals surface area contributed by atoms with Crippen LogP contribution in [-0.4, -0.2) is 26.6 Å². The first-order chi connectivity index (χ1) is 12.5. The minimum absolute atomic E-state index is 0.0484. The van der Waals surface area contributed by atoms with Crippen molar-refractivity contribution < 1.29 is 9.32 Å². The number of carbonyl (C=O) groups is 1. The van der Waals surface area contributed by atoms with E-state index in [0.29, 0.717) is 23.9 Å². The Hall–Kier alpha value is -2.54. The highest BCUT2D eigenvalue weighted by Crippen LogP contribution is 2.20. The number of benzene rings is 1. The third kappa shape index (κ3) is 4.54. The van der Waals surface area contributed by atoms with Crippen molar-refractivity contribution in [2.75, 3.05) is 11.1 Å². The molecule has 3 aromatic rings. The Bertz CT molecular complexity index is 881. The van der Waals surface area contributed by atoms with Crippen molar-refractivity contribution >= 4 is 23.5 Å². The number of anilines is 1. The summed E-state index contributed by atoms with van der Waals surface area (Å²) in [5, 5.41) is 11.2. The lowest BCUT2D eigenvalue weighted by molar-refractivity contribution is -0.113. The molecule has 0 bridgehead atoms. The second-order valence-electron chi connectivity index (χ2n) is 6.21. The van der Waals surface area contributed by atoms with Gasteiger partial charge in [0.2, 0.25) is 5.91 Å². The van der Waals surface area contributed by atoms with Gasteiger partial charge in [0.1, 0.15) is 11.6 Å². The lowest BCUT2D eigenvalue weighted by atomic mass is 10.1. The third-order valence-electron chi connectivity index (χ3n) is 4.06. The van der Waals surface area contributed by atoms with Crippen LogP contribution in [0, 0.1) is 20.8 Å². The molecular weight excluding hydrogens is 348 g/mol. The molecule has 0 aliphatic heterocycles. The van der Waals surface area contributed by atoms with Crippen molar-refractivity contribution in [2.24, 2.45) is 0 Å². The summed E-state index contributed by atoms with van der Waals surface area (Å²) < 4.78 is 6.94. The second-order valence-corrected chi connectivity index (χ2v) is 7.19. The molecule has 6 nitrogen and oxygen atoms in total. The summed E-state index contributed by atoms with van der Waals surface area (Å²) in [6.07, 6.45) is 1.70. The monoisotopic (exact) mass is 370 g/mol. The van der Waals surface area contributed by atoms with Gasteiger partial charge in [-0.15, -0.1) is 11.8 Å². The maximum absolute atomic E-state index is 12.3. The average Bonchev–Trinajstić information content (AvgIpc) is 3.16. The molecule has 0 aliphatic carbocycles. The Labute approximate surface area is 157 Å². The van der Waals surface area contributed by atoms with Gasteiger partial charge in [0, 0.05) is 17.4 Å². The van der Waals surface area contributed by atoms with Gasteiger partial charge >= 0.3 is 0 Å². The van der Waals surface area contributed by atoms with E-state index >= 15 is 0 Å². The van der Waals surface area contributed by atoms with Crippen LogP contribution < -0.4 is 5.32 Å². The maximum Gasteiger partial charge on any atom is 0.235 e. The summed E-state index contributed by atoms with van der Waals surface area (Å²) >= 11 is 1.54. The Balaban J connectivity index is 1.54. The highest BCUT2D eigenvalue weighted by Gasteiger charge is 2.11. The maximum atomic E-state index is 12.3. The molecule has 0 saturated carbocycles. The number of nitrogens with zero attached hydrogens (tertiary/aromatic N) is 3.